The van der Waals surface area contributed by atoms with Crippen LogP contribution in [0.25, 0.3) is 0 Å². The van der Waals surface area contributed by atoms with E-state index in [9.17, 15) is 5.11 Å². The van der Waals surface area contributed by atoms with E-state index < -0.39 is 22.7 Å². The maximum atomic E-state index is 11.1. The van der Waals surface area contributed by atoms with Gasteiger partial charge in [0, 0.05) is 12.5 Å². The van der Waals surface area contributed by atoms with Crippen LogP contribution in [0, 0.1) is 0 Å². The van der Waals surface area contributed by atoms with Gasteiger partial charge in [0.15, 0.2) is 0 Å². The molecule has 0 spiro atoms. The van der Waals surface area contributed by atoms with Crippen molar-refractivity contribution >= 4 is 16.6 Å². The minimum Gasteiger partial charge on any atom is -0.543 e. The summed E-state index contributed by atoms with van der Waals surface area (Å²) in [6, 6.07) is 13.8. The minimum absolute atomic E-state index is 0.0746. The highest BCUT2D eigenvalue weighted by Crippen LogP contribution is 2.41. The maximum absolute atomic E-state index is 11.1. The van der Waals surface area contributed by atoms with Gasteiger partial charge in [-0.2, -0.15) is 0 Å². The average molecular weight is 489 g/mol. The summed E-state index contributed by atoms with van der Waals surface area (Å²) in [4.78, 5) is 0. The molecule has 2 aromatic rings. The highest BCUT2D eigenvalue weighted by Gasteiger charge is 2.40. The molecule has 33 heavy (non-hydrogen) atoms. The molecule has 2 aromatic carbocycles. The third-order valence-corrected chi connectivity index (χ3v) is 16.0. The summed E-state index contributed by atoms with van der Waals surface area (Å²) in [5.74, 6) is 2.37. The predicted molar refractivity (Wildman–Crippen MR) is 144 cm³/mol. The minimum atomic E-state index is -2.05. The monoisotopic (exact) mass is 488 g/mol. The Kier molecular flexibility index (Phi) is 8.20. The van der Waals surface area contributed by atoms with Gasteiger partial charge in [-0.25, -0.2) is 0 Å². The highest BCUT2D eigenvalue weighted by molar-refractivity contribution is 6.75. The van der Waals surface area contributed by atoms with Gasteiger partial charge < -0.3 is 18.7 Å². The molecule has 1 unspecified atom stereocenters. The zero-order valence-corrected chi connectivity index (χ0v) is 24.5. The highest BCUT2D eigenvalue weighted by atomic mass is 28.4. The Morgan fingerprint density at radius 1 is 0.727 bits per heavy atom. The first kappa shape index (κ1) is 27.5. The van der Waals surface area contributed by atoms with Gasteiger partial charge in [0.05, 0.1) is 13.2 Å². The lowest BCUT2D eigenvalue weighted by molar-refractivity contribution is 0.178. The van der Waals surface area contributed by atoms with Crippen molar-refractivity contribution in [2.75, 3.05) is 7.11 Å². The van der Waals surface area contributed by atoms with Gasteiger partial charge in [-0.1, -0.05) is 53.7 Å². The lowest BCUT2D eigenvalue weighted by Gasteiger charge is -2.38. The Hall–Kier alpha value is -1.77. The molecule has 0 aliphatic heterocycles. The molecule has 6 heteroatoms. The Labute approximate surface area is 203 Å². The molecule has 0 aromatic heterocycles. The van der Waals surface area contributed by atoms with Crippen molar-refractivity contribution in [1.82, 2.24) is 0 Å². The molecule has 0 heterocycles. The molecule has 0 amide bonds. The molecule has 0 aliphatic carbocycles. The third-order valence-electron chi connectivity index (χ3n) is 7.23. The van der Waals surface area contributed by atoms with E-state index in [0.717, 1.165) is 28.4 Å². The lowest BCUT2D eigenvalue weighted by Crippen LogP contribution is -2.44. The molecule has 184 valence electrons. The molecule has 1 N–H and O–H groups in total. The molecule has 1 atom stereocenters. The topological polar surface area (TPSA) is 47.9 Å². The Morgan fingerprint density at radius 3 is 1.52 bits per heavy atom. The first-order valence-corrected chi connectivity index (χ1v) is 17.6. The average Bonchev–Trinajstić information content (AvgIpc) is 2.65. The van der Waals surface area contributed by atoms with E-state index in [1.54, 1.807) is 7.11 Å². The Balaban J connectivity index is 2.42. The summed E-state index contributed by atoms with van der Waals surface area (Å²) in [6.45, 7) is 22.3. The first-order valence-electron chi connectivity index (χ1n) is 11.8. The van der Waals surface area contributed by atoms with E-state index >= 15 is 0 Å². The fraction of sp³-hybridized carbons (Fsp3) is 0.556. The number of rotatable bonds is 8. The maximum Gasteiger partial charge on any atom is 0.250 e. The molecular weight excluding hydrogens is 444 g/mol. The molecule has 4 nitrogen and oxygen atoms in total. The van der Waals surface area contributed by atoms with Crippen molar-refractivity contribution in [3.8, 4) is 17.2 Å². The second-order valence-corrected chi connectivity index (χ2v) is 21.5. The summed E-state index contributed by atoms with van der Waals surface area (Å²) < 4.78 is 18.5. The first-order chi connectivity index (χ1) is 14.9. The van der Waals surface area contributed by atoms with Gasteiger partial charge in [0.2, 0.25) is 16.6 Å². The SMILES string of the molecule is COc1ccc(CC(O)c2cc(O[Si](C)(C)C(C)(C)C)cc(O[Si](C)(C)C(C)(C)C)c2)cc1. The number of aliphatic hydroxyl groups excluding tert-OH is 1. The summed E-state index contributed by atoms with van der Waals surface area (Å²) in [5, 5.41) is 11.3. The fourth-order valence-electron chi connectivity index (χ4n) is 2.90. The van der Waals surface area contributed by atoms with Crippen molar-refractivity contribution in [2.24, 2.45) is 0 Å². The zero-order chi connectivity index (χ0) is 25.2. The van der Waals surface area contributed by atoms with E-state index in [2.05, 4.69) is 67.7 Å². The van der Waals surface area contributed by atoms with Gasteiger partial charge in [0.1, 0.15) is 17.2 Å². The molecule has 0 aliphatic rings. The van der Waals surface area contributed by atoms with Crippen molar-refractivity contribution in [2.45, 2.75) is 90.3 Å². The van der Waals surface area contributed by atoms with Crippen LogP contribution in [0.2, 0.25) is 36.3 Å². The lowest BCUT2D eigenvalue weighted by atomic mass is 10.0. The van der Waals surface area contributed by atoms with Gasteiger partial charge in [0.25, 0.3) is 0 Å². The van der Waals surface area contributed by atoms with E-state index in [0.29, 0.717) is 6.42 Å². The van der Waals surface area contributed by atoms with E-state index in [-0.39, 0.29) is 10.1 Å². The van der Waals surface area contributed by atoms with Crippen LogP contribution >= 0.6 is 0 Å². The van der Waals surface area contributed by atoms with Gasteiger partial charge in [-0.05, 0) is 71.7 Å². The van der Waals surface area contributed by atoms with Crippen molar-refractivity contribution < 1.29 is 18.7 Å². The molecule has 0 fully saturated rings. The fourth-order valence-corrected chi connectivity index (χ4v) is 4.93. The number of aliphatic hydroxyl groups is 1. The van der Waals surface area contributed by atoms with Crippen LogP contribution in [0.4, 0.5) is 0 Å². The third kappa shape index (κ3) is 7.11. The summed E-state index contributed by atoms with van der Waals surface area (Å²) in [6.07, 6.45) is -0.157. The molecule has 0 saturated heterocycles. The zero-order valence-electron chi connectivity index (χ0n) is 22.5. The van der Waals surface area contributed by atoms with Crippen LogP contribution < -0.4 is 13.6 Å². The van der Waals surface area contributed by atoms with Crippen LogP contribution in [0.1, 0.15) is 58.8 Å². The van der Waals surface area contributed by atoms with E-state index in [1.807, 2.05) is 42.5 Å². The van der Waals surface area contributed by atoms with E-state index in [4.69, 9.17) is 13.6 Å². The number of methoxy groups -OCH3 is 1. The van der Waals surface area contributed by atoms with E-state index in [1.165, 1.54) is 0 Å². The number of hydrogen-bond acceptors (Lipinski definition) is 4. The second-order valence-electron chi connectivity index (χ2n) is 12.0. The van der Waals surface area contributed by atoms with Crippen molar-refractivity contribution in [3.63, 3.8) is 0 Å². The molecule has 0 saturated carbocycles. The molecule has 2 rings (SSSR count). The summed E-state index contributed by atoms with van der Waals surface area (Å²) >= 11 is 0. The quantitative estimate of drug-likeness (QED) is 0.386. The van der Waals surface area contributed by atoms with Gasteiger partial charge in [-0.3, -0.25) is 0 Å². The Bertz CT molecular complexity index is 876. The summed E-state index contributed by atoms with van der Waals surface area (Å²) in [7, 11) is -2.44. The molecule has 0 radical (unpaired) electrons. The smallest absolute Gasteiger partial charge is 0.250 e. The number of benzene rings is 2. The largest absolute Gasteiger partial charge is 0.543 e. The summed E-state index contributed by atoms with van der Waals surface area (Å²) in [5.41, 5.74) is 1.86. The molecule has 0 bridgehead atoms. The van der Waals surface area contributed by atoms with Crippen LogP contribution in [-0.2, 0) is 6.42 Å². The van der Waals surface area contributed by atoms with Crippen LogP contribution in [0.5, 0.6) is 17.2 Å². The second kappa shape index (κ2) is 9.84. The van der Waals surface area contributed by atoms with Gasteiger partial charge in [-0.15, -0.1) is 0 Å². The standard InChI is InChI=1S/C27H44O4Si2/c1-26(2,3)32(8,9)30-23-17-21(18-24(19-23)31-33(10,11)27(4,5)6)25(28)16-20-12-14-22(29-7)15-13-20/h12-15,17-19,25,28H,16H2,1-11H3. The van der Waals surface area contributed by atoms with Crippen molar-refractivity contribution in [3.05, 3.63) is 53.6 Å². The van der Waals surface area contributed by atoms with Crippen LogP contribution in [-0.4, -0.2) is 28.9 Å². The van der Waals surface area contributed by atoms with Crippen LogP contribution in [0.15, 0.2) is 42.5 Å². The normalized spacial score (nSPS) is 14.1. The Morgan fingerprint density at radius 2 is 1.15 bits per heavy atom. The van der Waals surface area contributed by atoms with Crippen molar-refractivity contribution in [1.29, 1.82) is 0 Å². The predicted octanol–water partition coefficient (Wildman–Crippen LogP) is 7.74. The number of hydrogen-bond donors (Lipinski definition) is 1. The number of ether oxygens (including phenoxy) is 1. The van der Waals surface area contributed by atoms with Gasteiger partial charge >= 0.3 is 0 Å². The van der Waals surface area contributed by atoms with Crippen LogP contribution in [0.3, 0.4) is 0 Å². The molecular formula is C27H44O4Si2.